The SMILES string of the molecule is Nc1[nH]ncc1-c1cccc(C2(O)CC2)c1. The van der Waals surface area contributed by atoms with E-state index < -0.39 is 5.60 Å². The molecule has 1 aromatic heterocycles. The summed E-state index contributed by atoms with van der Waals surface area (Å²) >= 11 is 0. The van der Waals surface area contributed by atoms with Gasteiger partial charge in [0.15, 0.2) is 0 Å². The van der Waals surface area contributed by atoms with Crippen LogP contribution in [0.4, 0.5) is 5.82 Å². The molecule has 4 heteroatoms. The van der Waals surface area contributed by atoms with Gasteiger partial charge >= 0.3 is 0 Å². The number of anilines is 1. The van der Waals surface area contributed by atoms with Crippen molar-refractivity contribution in [3.05, 3.63) is 36.0 Å². The minimum Gasteiger partial charge on any atom is -0.385 e. The molecule has 0 spiro atoms. The van der Waals surface area contributed by atoms with E-state index in [1.807, 2.05) is 24.3 Å². The molecule has 1 aliphatic rings. The number of nitrogens with one attached hydrogen (secondary N) is 1. The third-order valence-corrected chi connectivity index (χ3v) is 3.10. The van der Waals surface area contributed by atoms with Crippen molar-refractivity contribution in [3.63, 3.8) is 0 Å². The Bertz CT molecular complexity index is 529. The first-order chi connectivity index (χ1) is 7.69. The van der Waals surface area contributed by atoms with E-state index in [9.17, 15) is 5.11 Å². The van der Waals surface area contributed by atoms with Crippen molar-refractivity contribution >= 4 is 5.82 Å². The van der Waals surface area contributed by atoms with E-state index in [0.29, 0.717) is 5.82 Å². The van der Waals surface area contributed by atoms with Gasteiger partial charge in [-0.25, -0.2) is 0 Å². The van der Waals surface area contributed by atoms with Crippen LogP contribution in [0.5, 0.6) is 0 Å². The van der Waals surface area contributed by atoms with Gasteiger partial charge in [-0.2, -0.15) is 5.10 Å². The number of hydrogen-bond acceptors (Lipinski definition) is 3. The third-order valence-electron chi connectivity index (χ3n) is 3.10. The van der Waals surface area contributed by atoms with Gasteiger partial charge in [0, 0.05) is 5.56 Å². The van der Waals surface area contributed by atoms with Gasteiger partial charge in [-0.15, -0.1) is 0 Å². The number of nitrogen functional groups attached to an aromatic ring is 1. The number of rotatable bonds is 2. The van der Waals surface area contributed by atoms with Crippen LogP contribution in [0.3, 0.4) is 0 Å². The van der Waals surface area contributed by atoms with Gasteiger partial charge in [0.2, 0.25) is 0 Å². The normalized spacial score (nSPS) is 17.3. The van der Waals surface area contributed by atoms with Gasteiger partial charge in [-0.3, -0.25) is 5.10 Å². The largest absolute Gasteiger partial charge is 0.385 e. The zero-order valence-corrected chi connectivity index (χ0v) is 8.77. The molecule has 0 amide bonds. The fourth-order valence-corrected chi connectivity index (χ4v) is 1.91. The van der Waals surface area contributed by atoms with Gasteiger partial charge in [-0.05, 0) is 30.0 Å². The molecule has 2 aromatic rings. The molecule has 1 heterocycles. The summed E-state index contributed by atoms with van der Waals surface area (Å²) in [4.78, 5) is 0. The average Bonchev–Trinajstić information content (AvgIpc) is 2.90. The smallest absolute Gasteiger partial charge is 0.126 e. The lowest BCUT2D eigenvalue weighted by molar-refractivity contribution is 0.151. The molecule has 0 atom stereocenters. The standard InChI is InChI=1S/C12H13N3O/c13-11-10(7-14-15-11)8-2-1-3-9(6-8)12(16)4-5-12/h1-3,6-7,16H,4-5H2,(H3,13,14,15). The summed E-state index contributed by atoms with van der Waals surface area (Å²) in [5.74, 6) is 0.555. The van der Waals surface area contributed by atoms with Crippen LogP contribution in [0.2, 0.25) is 0 Å². The van der Waals surface area contributed by atoms with E-state index >= 15 is 0 Å². The highest BCUT2D eigenvalue weighted by Crippen LogP contribution is 2.46. The highest BCUT2D eigenvalue weighted by Gasteiger charge is 2.42. The molecule has 0 unspecified atom stereocenters. The molecule has 1 fully saturated rings. The predicted molar refractivity (Wildman–Crippen MR) is 61.6 cm³/mol. The van der Waals surface area contributed by atoms with E-state index in [1.165, 1.54) is 0 Å². The maximum atomic E-state index is 10.0. The molecule has 0 saturated heterocycles. The Morgan fingerprint density at radius 1 is 1.38 bits per heavy atom. The zero-order chi connectivity index (χ0) is 11.2. The number of aliphatic hydroxyl groups is 1. The van der Waals surface area contributed by atoms with E-state index in [0.717, 1.165) is 29.5 Å². The van der Waals surface area contributed by atoms with E-state index in [2.05, 4.69) is 10.2 Å². The fraction of sp³-hybridized carbons (Fsp3) is 0.250. The van der Waals surface area contributed by atoms with Gasteiger partial charge in [0.25, 0.3) is 0 Å². The Kier molecular flexibility index (Phi) is 1.82. The first kappa shape index (κ1) is 9.42. The fourth-order valence-electron chi connectivity index (χ4n) is 1.91. The summed E-state index contributed by atoms with van der Waals surface area (Å²) < 4.78 is 0. The summed E-state index contributed by atoms with van der Waals surface area (Å²) in [6.07, 6.45) is 3.39. The molecule has 3 rings (SSSR count). The molecule has 82 valence electrons. The Morgan fingerprint density at radius 3 is 2.81 bits per heavy atom. The number of nitrogens with two attached hydrogens (primary N) is 1. The Hall–Kier alpha value is -1.81. The molecule has 0 aliphatic heterocycles. The molecular weight excluding hydrogens is 202 g/mol. The van der Waals surface area contributed by atoms with Crippen molar-refractivity contribution in [2.75, 3.05) is 5.73 Å². The number of aromatic nitrogens is 2. The lowest BCUT2D eigenvalue weighted by Crippen LogP contribution is -2.03. The van der Waals surface area contributed by atoms with Crippen LogP contribution in [-0.2, 0) is 5.60 Å². The lowest BCUT2D eigenvalue weighted by atomic mass is 10.0. The van der Waals surface area contributed by atoms with Gasteiger partial charge in [0.1, 0.15) is 5.82 Å². The van der Waals surface area contributed by atoms with Crippen molar-refractivity contribution in [2.45, 2.75) is 18.4 Å². The summed E-state index contributed by atoms with van der Waals surface area (Å²) in [5, 5.41) is 16.6. The molecule has 4 N–H and O–H groups in total. The number of benzene rings is 1. The first-order valence-corrected chi connectivity index (χ1v) is 5.31. The van der Waals surface area contributed by atoms with E-state index in [4.69, 9.17) is 5.73 Å². The van der Waals surface area contributed by atoms with Crippen molar-refractivity contribution in [2.24, 2.45) is 0 Å². The summed E-state index contributed by atoms with van der Waals surface area (Å²) in [5.41, 5.74) is 8.00. The third kappa shape index (κ3) is 1.39. The monoisotopic (exact) mass is 215 g/mol. The summed E-state index contributed by atoms with van der Waals surface area (Å²) in [6.45, 7) is 0. The minimum absolute atomic E-state index is 0.555. The van der Waals surface area contributed by atoms with Crippen molar-refractivity contribution in [1.29, 1.82) is 0 Å². The van der Waals surface area contributed by atoms with Crippen LogP contribution in [0, 0.1) is 0 Å². The molecule has 16 heavy (non-hydrogen) atoms. The molecule has 0 bridgehead atoms. The maximum absolute atomic E-state index is 10.0. The highest BCUT2D eigenvalue weighted by molar-refractivity contribution is 5.73. The van der Waals surface area contributed by atoms with Crippen molar-refractivity contribution in [1.82, 2.24) is 10.2 Å². The van der Waals surface area contributed by atoms with Gasteiger partial charge in [-0.1, -0.05) is 18.2 Å². The number of H-pyrrole nitrogens is 1. The average molecular weight is 215 g/mol. The predicted octanol–water partition coefficient (Wildman–Crippen LogP) is 1.64. The van der Waals surface area contributed by atoms with Crippen LogP contribution in [0.15, 0.2) is 30.5 Å². The Morgan fingerprint density at radius 2 is 2.19 bits per heavy atom. The van der Waals surface area contributed by atoms with Crippen LogP contribution in [-0.4, -0.2) is 15.3 Å². The molecule has 1 saturated carbocycles. The van der Waals surface area contributed by atoms with Crippen LogP contribution < -0.4 is 5.73 Å². The second-order valence-electron chi connectivity index (χ2n) is 4.31. The lowest BCUT2D eigenvalue weighted by Gasteiger charge is -2.09. The second-order valence-corrected chi connectivity index (χ2v) is 4.31. The summed E-state index contributed by atoms with van der Waals surface area (Å²) in [6, 6.07) is 7.84. The van der Waals surface area contributed by atoms with E-state index in [-0.39, 0.29) is 0 Å². The molecular formula is C12H13N3O. The Labute approximate surface area is 93.1 Å². The highest BCUT2D eigenvalue weighted by atomic mass is 16.3. The van der Waals surface area contributed by atoms with Gasteiger partial charge < -0.3 is 10.8 Å². The minimum atomic E-state index is -0.603. The zero-order valence-electron chi connectivity index (χ0n) is 8.77. The van der Waals surface area contributed by atoms with Crippen LogP contribution in [0.25, 0.3) is 11.1 Å². The molecule has 1 aromatic carbocycles. The second kappa shape index (κ2) is 3.09. The number of aromatic amines is 1. The summed E-state index contributed by atoms with van der Waals surface area (Å²) in [7, 11) is 0. The van der Waals surface area contributed by atoms with Crippen LogP contribution in [0.1, 0.15) is 18.4 Å². The van der Waals surface area contributed by atoms with Gasteiger partial charge in [0.05, 0.1) is 11.8 Å². The van der Waals surface area contributed by atoms with Crippen molar-refractivity contribution in [3.8, 4) is 11.1 Å². The van der Waals surface area contributed by atoms with E-state index in [1.54, 1.807) is 6.20 Å². The quantitative estimate of drug-likeness (QED) is 0.712. The maximum Gasteiger partial charge on any atom is 0.126 e. The number of hydrogen-bond donors (Lipinski definition) is 3. The van der Waals surface area contributed by atoms with Crippen molar-refractivity contribution < 1.29 is 5.11 Å². The number of nitrogens with zero attached hydrogens (tertiary/aromatic N) is 1. The molecule has 4 nitrogen and oxygen atoms in total. The molecule has 1 aliphatic carbocycles. The topological polar surface area (TPSA) is 74.9 Å². The Balaban J connectivity index is 2.06. The van der Waals surface area contributed by atoms with Crippen LogP contribution >= 0.6 is 0 Å². The molecule has 0 radical (unpaired) electrons. The first-order valence-electron chi connectivity index (χ1n) is 5.31.